The number of fused-ring (bicyclic) bond motifs is 2. The molecule has 2 N–H and O–H groups in total. The minimum Gasteiger partial charge on any atom is -0.508 e. The molecule has 2 saturated heterocycles. The van der Waals surface area contributed by atoms with Gasteiger partial charge in [0.1, 0.15) is 65.7 Å². The monoisotopic (exact) mass is 912 g/mol. The van der Waals surface area contributed by atoms with Crippen LogP contribution in [0.1, 0.15) is 98.1 Å². The minimum atomic E-state index is -0.553. The van der Waals surface area contributed by atoms with Gasteiger partial charge in [-0.25, -0.2) is 4.39 Å². The minimum absolute atomic E-state index is 0.145. The fourth-order valence-corrected chi connectivity index (χ4v) is 10.7. The molecule has 68 heavy (non-hydrogen) atoms. The maximum absolute atomic E-state index is 14.4. The summed E-state index contributed by atoms with van der Waals surface area (Å²) in [6, 6.07) is 38.3. The topological polar surface area (TPSA) is 83.9 Å². The largest absolute Gasteiger partial charge is 0.508 e. The summed E-state index contributed by atoms with van der Waals surface area (Å²) < 4.78 is 41.3. The van der Waals surface area contributed by atoms with Crippen molar-refractivity contribution in [3.05, 3.63) is 166 Å². The van der Waals surface area contributed by atoms with Gasteiger partial charge in [0.2, 0.25) is 0 Å². The molecule has 0 spiro atoms. The Morgan fingerprint density at radius 3 is 1.96 bits per heavy atom. The van der Waals surface area contributed by atoms with Crippen molar-refractivity contribution in [1.29, 1.82) is 0 Å². The number of hydrogen-bond donors (Lipinski definition) is 2. The van der Waals surface area contributed by atoms with Crippen LogP contribution >= 0.6 is 0 Å². The van der Waals surface area contributed by atoms with Crippen molar-refractivity contribution in [2.45, 2.75) is 72.1 Å². The van der Waals surface area contributed by atoms with Crippen LogP contribution in [0.3, 0.4) is 0 Å². The molecule has 4 aliphatic rings. The van der Waals surface area contributed by atoms with Gasteiger partial charge in [-0.2, -0.15) is 0 Å². The van der Waals surface area contributed by atoms with E-state index in [4.69, 9.17) is 18.9 Å². The van der Waals surface area contributed by atoms with Crippen LogP contribution in [0, 0.1) is 18.7 Å². The third kappa shape index (κ3) is 9.09. The third-order valence-electron chi connectivity index (χ3n) is 14.5. The van der Waals surface area contributed by atoms with E-state index in [-0.39, 0.29) is 17.3 Å². The Bertz CT molecular complexity index is 2880. The number of phenolic OH excluding ortho intramolecular Hbond substituents is 2. The normalized spacial score (nSPS) is 19.9. The molecule has 0 aromatic heterocycles. The molecule has 6 aromatic rings. The Morgan fingerprint density at radius 2 is 1.29 bits per heavy atom. The SMILES string of the molecule is CC1=C(c2ccc(F)cc2)C(c2ccc(OCCN3CCCC3)c(-c3cccc(C4=C(C)c5cc(O)ccc5OC4c4ccc(OCC(C)N5CCC(C)C5)cc4)c3C)c2)Oc2ccc(O)cc21. The molecular weight excluding hydrogens is 852 g/mol. The molecule has 0 aliphatic carbocycles. The zero-order chi connectivity index (χ0) is 47.1. The molecule has 0 amide bonds. The lowest BCUT2D eigenvalue weighted by Crippen LogP contribution is -2.35. The zero-order valence-electron chi connectivity index (χ0n) is 39.7. The fourth-order valence-electron chi connectivity index (χ4n) is 10.7. The van der Waals surface area contributed by atoms with Gasteiger partial charge in [0.05, 0.1) is 0 Å². The fraction of sp³-hybridized carbons (Fsp3) is 0.322. The Morgan fingerprint density at radius 1 is 0.662 bits per heavy atom. The first-order chi connectivity index (χ1) is 33.0. The predicted octanol–water partition coefficient (Wildman–Crippen LogP) is 12.9. The van der Waals surface area contributed by atoms with Crippen molar-refractivity contribution in [2.75, 3.05) is 45.9 Å². The van der Waals surface area contributed by atoms with Crippen molar-refractivity contribution in [2.24, 2.45) is 5.92 Å². The van der Waals surface area contributed by atoms with Crippen molar-refractivity contribution in [1.82, 2.24) is 9.80 Å². The number of nitrogens with zero attached hydrogens (tertiary/aromatic N) is 2. The first-order valence-electron chi connectivity index (χ1n) is 24.2. The highest BCUT2D eigenvalue weighted by molar-refractivity contribution is 5.98. The molecule has 4 aliphatic heterocycles. The van der Waals surface area contributed by atoms with Crippen molar-refractivity contribution < 1.29 is 33.6 Å². The molecule has 6 aromatic carbocycles. The second-order valence-corrected chi connectivity index (χ2v) is 19.2. The Balaban J connectivity index is 1.05. The number of aromatic hydroxyl groups is 2. The van der Waals surface area contributed by atoms with Crippen LogP contribution < -0.4 is 18.9 Å². The van der Waals surface area contributed by atoms with Crippen LogP contribution in [0.25, 0.3) is 33.4 Å². The van der Waals surface area contributed by atoms with Crippen LogP contribution in [-0.2, 0) is 0 Å². The first-order valence-corrected chi connectivity index (χ1v) is 24.2. The van der Waals surface area contributed by atoms with E-state index < -0.39 is 12.2 Å². The molecule has 4 atom stereocenters. The van der Waals surface area contributed by atoms with Gasteiger partial charge in [-0.3, -0.25) is 9.80 Å². The van der Waals surface area contributed by atoms with Gasteiger partial charge in [-0.05, 0) is 190 Å². The third-order valence-corrected chi connectivity index (χ3v) is 14.5. The summed E-state index contributed by atoms with van der Waals surface area (Å²) in [5.41, 5.74) is 12.2. The molecule has 350 valence electrons. The standard InChI is InChI=1S/C59H61FN2O6/c1-36-25-28-62(34-36)37(2)35-66-47-20-13-42(14-21-47)58-57(40(5)51-33-46(64)19-24-55(51)67-58)49-10-8-9-48(38(49)3)52-31-43(15-22-53(52)65-30-29-61-26-6-7-27-61)59-56(41-11-16-44(60)17-12-41)39(4)50-32-45(63)18-23-54(50)68-59/h8-24,31-33,36-37,58-59,63-64H,6-7,25-30,34-35H2,1-5H3. The van der Waals surface area contributed by atoms with E-state index in [0.29, 0.717) is 30.8 Å². The number of likely N-dealkylation sites (tertiary alicyclic amines) is 2. The number of ether oxygens (including phenoxy) is 4. The lowest BCUT2D eigenvalue weighted by molar-refractivity contribution is 0.169. The average Bonchev–Trinajstić information content (AvgIpc) is 4.04. The lowest BCUT2D eigenvalue weighted by Gasteiger charge is -2.33. The predicted molar refractivity (Wildman–Crippen MR) is 269 cm³/mol. The van der Waals surface area contributed by atoms with E-state index in [1.807, 2.05) is 25.1 Å². The van der Waals surface area contributed by atoms with Gasteiger partial charge in [-0.15, -0.1) is 0 Å². The number of hydrogen-bond acceptors (Lipinski definition) is 8. The smallest absolute Gasteiger partial charge is 0.150 e. The van der Waals surface area contributed by atoms with E-state index >= 15 is 0 Å². The van der Waals surface area contributed by atoms with Gasteiger partial charge in [-0.1, -0.05) is 55.5 Å². The van der Waals surface area contributed by atoms with Crippen LogP contribution in [-0.4, -0.2) is 72.0 Å². The molecule has 4 heterocycles. The second kappa shape index (κ2) is 19.2. The molecule has 8 nitrogen and oxygen atoms in total. The highest BCUT2D eigenvalue weighted by atomic mass is 19.1. The zero-order valence-corrected chi connectivity index (χ0v) is 39.7. The maximum atomic E-state index is 14.4. The first kappa shape index (κ1) is 45.2. The van der Waals surface area contributed by atoms with Gasteiger partial charge < -0.3 is 29.2 Å². The summed E-state index contributed by atoms with van der Waals surface area (Å²) in [6.45, 7) is 17.3. The van der Waals surface area contributed by atoms with Gasteiger partial charge in [0.25, 0.3) is 0 Å². The highest BCUT2D eigenvalue weighted by Gasteiger charge is 2.33. The second-order valence-electron chi connectivity index (χ2n) is 19.2. The van der Waals surface area contributed by atoms with E-state index in [9.17, 15) is 14.6 Å². The summed E-state index contributed by atoms with van der Waals surface area (Å²) in [5, 5.41) is 21.3. The number of phenols is 2. The molecule has 10 rings (SSSR count). The summed E-state index contributed by atoms with van der Waals surface area (Å²) >= 11 is 0. The molecule has 2 fully saturated rings. The summed E-state index contributed by atoms with van der Waals surface area (Å²) in [4.78, 5) is 4.97. The van der Waals surface area contributed by atoms with E-state index in [0.717, 1.165) is 123 Å². The highest BCUT2D eigenvalue weighted by Crippen LogP contribution is 2.51. The number of halogens is 1. The summed E-state index contributed by atoms with van der Waals surface area (Å²) in [6.07, 6.45) is 2.64. The van der Waals surface area contributed by atoms with E-state index in [1.165, 1.54) is 31.4 Å². The molecule has 0 radical (unpaired) electrons. The quantitative estimate of drug-likeness (QED) is 0.119. The number of allylic oxidation sites excluding steroid dienone is 2. The Kier molecular flexibility index (Phi) is 12.8. The number of benzene rings is 6. The Hall–Kier alpha value is -6.55. The maximum Gasteiger partial charge on any atom is 0.150 e. The van der Waals surface area contributed by atoms with E-state index in [2.05, 4.69) is 86.0 Å². The molecule has 0 saturated carbocycles. The van der Waals surface area contributed by atoms with Crippen LogP contribution in [0.5, 0.6) is 34.5 Å². The number of rotatable bonds is 13. The van der Waals surface area contributed by atoms with Crippen LogP contribution in [0.4, 0.5) is 4.39 Å². The molecule has 4 unspecified atom stereocenters. The summed E-state index contributed by atoms with van der Waals surface area (Å²) in [5.74, 6) is 3.68. The Labute approximate surface area is 399 Å². The van der Waals surface area contributed by atoms with Gasteiger partial charge >= 0.3 is 0 Å². The van der Waals surface area contributed by atoms with Crippen molar-refractivity contribution in [3.63, 3.8) is 0 Å². The molecular formula is C59H61FN2O6. The molecule has 9 heteroatoms. The summed E-state index contributed by atoms with van der Waals surface area (Å²) in [7, 11) is 0. The van der Waals surface area contributed by atoms with E-state index in [1.54, 1.807) is 42.5 Å². The van der Waals surface area contributed by atoms with Crippen molar-refractivity contribution in [3.8, 4) is 45.6 Å². The average molecular weight is 913 g/mol. The van der Waals surface area contributed by atoms with Crippen molar-refractivity contribution >= 4 is 22.3 Å². The van der Waals surface area contributed by atoms with Crippen LogP contribution in [0.2, 0.25) is 0 Å². The van der Waals surface area contributed by atoms with Crippen LogP contribution in [0.15, 0.2) is 121 Å². The molecule has 0 bridgehead atoms. The van der Waals surface area contributed by atoms with Gasteiger partial charge in [0.15, 0.2) is 0 Å². The lowest BCUT2D eigenvalue weighted by atomic mass is 9.82. The van der Waals surface area contributed by atoms with Gasteiger partial charge in [0, 0.05) is 47.0 Å².